The minimum atomic E-state index is -0.151. The van der Waals surface area contributed by atoms with Gasteiger partial charge in [-0.25, -0.2) is 4.98 Å². The Bertz CT molecular complexity index is 1190. The van der Waals surface area contributed by atoms with Gasteiger partial charge in [0.25, 0.3) is 5.91 Å². The first-order valence-corrected chi connectivity index (χ1v) is 10.8. The van der Waals surface area contributed by atoms with Crippen molar-refractivity contribution in [1.29, 1.82) is 0 Å². The molecule has 0 unspecified atom stereocenters. The van der Waals surface area contributed by atoms with Crippen LogP contribution in [0.1, 0.15) is 35.3 Å². The van der Waals surface area contributed by atoms with Gasteiger partial charge in [0.15, 0.2) is 5.65 Å². The third-order valence-electron chi connectivity index (χ3n) is 4.91. The second-order valence-corrected chi connectivity index (χ2v) is 8.06. The zero-order valence-electron chi connectivity index (χ0n) is 16.7. The maximum Gasteiger partial charge on any atom is 0.251 e. The third-order valence-corrected chi connectivity index (χ3v) is 5.54. The number of rotatable bonds is 7. The Labute approximate surface area is 191 Å². The van der Waals surface area contributed by atoms with E-state index >= 15 is 0 Å². The SMILES string of the molecule is [B]c1cnn2c(NCCCNC(=O)c3cccc(Cl)c3)cc(C3=C(Cl)CCC=C3)nc12. The largest absolute Gasteiger partial charge is 0.370 e. The summed E-state index contributed by atoms with van der Waals surface area (Å²) in [5, 5.41) is 11.9. The van der Waals surface area contributed by atoms with Gasteiger partial charge in [-0.15, -0.1) is 0 Å². The summed E-state index contributed by atoms with van der Waals surface area (Å²) < 4.78 is 1.67. The molecule has 2 radical (unpaired) electrons. The zero-order chi connectivity index (χ0) is 21.8. The van der Waals surface area contributed by atoms with Crippen LogP contribution >= 0.6 is 23.2 Å². The molecule has 2 N–H and O–H groups in total. The average molecular weight is 452 g/mol. The average Bonchev–Trinajstić information content (AvgIpc) is 3.14. The third kappa shape index (κ3) is 4.94. The van der Waals surface area contributed by atoms with Crippen molar-refractivity contribution >= 4 is 59.5 Å². The molecule has 2 aromatic heterocycles. The lowest BCUT2D eigenvalue weighted by Gasteiger charge is -2.14. The van der Waals surface area contributed by atoms with Crippen molar-refractivity contribution in [3.8, 4) is 0 Å². The molecule has 9 heteroatoms. The monoisotopic (exact) mass is 451 g/mol. The van der Waals surface area contributed by atoms with Gasteiger partial charge in [-0.1, -0.05) is 41.4 Å². The number of fused-ring (bicyclic) bond motifs is 1. The zero-order valence-corrected chi connectivity index (χ0v) is 18.2. The number of amides is 1. The highest BCUT2D eigenvalue weighted by atomic mass is 35.5. The lowest BCUT2D eigenvalue weighted by Crippen LogP contribution is -2.26. The number of halogens is 2. The number of carbonyl (C=O) groups excluding carboxylic acids is 1. The molecule has 1 aliphatic rings. The lowest BCUT2D eigenvalue weighted by atomic mass is 10.00. The first-order valence-electron chi connectivity index (χ1n) is 10.0. The van der Waals surface area contributed by atoms with E-state index < -0.39 is 0 Å². The first kappa shape index (κ1) is 21.5. The Kier molecular flexibility index (Phi) is 6.63. The van der Waals surface area contributed by atoms with Crippen LogP contribution in [-0.2, 0) is 0 Å². The van der Waals surface area contributed by atoms with Gasteiger partial charge in [-0.05, 0) is 42.9 Å². The maximum absolute atomic E-state index is 12.2. The van der Waals surface area contributed by atoms with E-state index in [2.05, 4.69) is 26.8 Å². The maximum atomic E-state index is 12.2. The number of hydrogen-bond acceptors (Lipinski definition) is 4. The van der Waals surface area contributed by atoms with Crippen molar-refractivity contribution < 1.29 is 4.79 Å². The molecule has 31 heavy (non-hydrogen) atoms. The summed E-state index contributed by atoms with van der Waals surface area (Å²) in [5.41, 5.74) is 3.25. The highest BCUT2D eigenvalue weighted by Crippen LogP contribution is 2.30. The summed E-state index contributed by atoms with van der Waals surface area (Å²) in [4.78, 5) is 16.9. The second-order valence-electron chi connectivity index (χ2n) is 7.17. The van der Waals surface area contributed by atoms with Gasteiger partial charge < -0.3 is 10.6 Å². The molecule has 1 aliphatic carbocycles. The molecule has 2 heterocycles. The number of aromatic nitrogens is 3. The van der Waals surface area contributed by atoms with Gasteiger partial charge in [-0.3, -0.25) is 4.79 Å². The van der Waals surface area contributed by atoms with Gasteiger partial charge in [0.05, 0.1) is 5.69 Å². The summed E-state index contributed by atoms with van der Waals surface area (Å²) >= 11 is 12.4. The van der Waals surface area contributed by atoms with E-state index in [1.54, 1.807) is 35.0 Å². The van der Waals surface area contributed by atoms with Crippen molar-refractivity contribution in [3.05, 3.63) is 70.0 Å². The van der Waals surface area contributed by atoms with E-state index in [0.29, 0.717) is 41.2 Å². The van der Waals surface area contributed by atoms with Crippen LogP contribution in [-0.4, -0.2) is 41.4 Å². The molecule has 6 nitrogen and oxygen atoms in total. The van der Waals surface area contributed by atoms with Crippen LogP contribution in [0.25, 0.3) is 11.2 Å². The Hall–Kier alpha value is -2.77. The smallest absolute Gasteiger partial charge is 0.251 e. The van der Waals surface area contributed by atoms with Crippen molar-refractivity contribution in [1.82, 2.24) is 19.9 Å². The summed E-state index contributed by atoms with van der Waals surface area (Å²) in [6, 6.07) is 8.78. The van der Waals surface area contributed by atoms with E-state index in [1.165, 1.54) is 0 Å². The molecule has 0 bridgehead atoms. The van der Waals surface area contributed by atoms with Gasteiger partial charge in [0, 0.05) is 46.5 Å². The van der Waals surface area contributed by atoms with Gasteiger partial charge in [0.1, 0.15) is 13.7 Å². The number of benzene rings is 1. The molecule has 3 aromatic rings. The second kappa shape index (κ2) is 9.58. The molecule has 0 spiro atoms. The van der Waals surface area contributed by atoms with E-state index in [4.69, 9.17) is 31.0 Å². The Balaban J connectivity index is 1.42. The van der Waals surface area contributed by atoms with Crippen LogP contribution in [0, 0.1) is 0 Å². The molecule has 1 amide bonds. The molecule has 4 rings (SSSR count). The van der Waals surface area contributed by atoms with Crippen LogP contribution in [0.15, 0.2) is 53.7 Å². The Morgan fingerprint density at radius 2 is 2.10 bits per heavy atom. The van der Waals surface area contributed by atoms with Crippen molar-refractivity contribution in [3.63, 3.8) is 0 Å². The fourth-order valence-corrected chi connectivity index (χ4v) is 3.80. The normalized spacial score (nSPS) is 13.6. The molecule has 0 fully saturated rings. The molecule has 0 saturated heterocycles. The minimum Gasteiger partial charge on any atom is -0.370 e. The van der Waals surface area contributed by atoms with Crippen LogP contribution < -0.4 is 16.1 Å². The molecular weight excluding hydrogens is 432 g/mol. The molecule has 0 aliphatic heterocycles. The summed E-state index contributed by atoms with van der Waals surface area (Å²) in [5.74, 6) is 0.607. The van der Waals surface area contributed by atoms with Crippen LogP contribution in [0.4, 0.5) is 5.82 Å². The fraction of sp³-hybridized carbons (Fsp3) is 0.227. The number of nitrogens with zero attached hydrogens (tertiary/aromatic N) is 3. The van der Waals surface area contributed by atoms with Gasteiger partial charge in [0.2, 0.25) is 0 Å². The van der Waals surface area contributed by atoms with Crippen molar-refractivity contribution in [2.75, 3.05) is 18.4 Å². The topological polar surface area (TPSA) is 71.3 Å². The standard InChI is InChI=1S/C22H20BCl2N5O/c23-17-13-28-30-20(12-19(29-21(17)30)16-7-1-2-8-18(16)25)26-9-4-10-27-22(31)14-5-3-6-15(24)11-14/h1,3,5-7,11-13,26H,2,4,8-10H2,(H,27,31). The van der Waals surface area contributed by atoms with Gasteiger partial charge in [-0.2, -0.15) is 9.61 Å². The molecule has 1 aromatic carbocycles. The van der Waals surface area contributed by atoms with Crippen LogP contribution in [0.3, 0.4) is 0 Å². The first-order chi connectivity index (χ1) is 15.0. The van der Waals surface area contributed by atoms with E-state index in [1.807, 2.05) is 12.1 Å². The van der Waals surface area contributed by atoms with Crippen LogP contribution in [0.2, 0.25) is 5.02 Å². The summed E-state index contributed by atoms with van der Waals surface area (Å²) in [7, 11) is 6.06. The Morgan fingerprint density at radius 1 is 1.23 bits per heavy atom. The quantitative estimate of drug-likeness (QED) is 0.424. The van der Waals surface area contributed by atoms with Crippen LogP contribution in [0.5, 0.6) is 0 Å². The predicted octanol–water partition coefficient (Wildman–Crippen LogP) is 3.71. The molecular formula is C22H20BCl2N5O. The number of carbonyl (C=O) groups is 1. The number of hydrogen-bond donors (Lipinski definition) is 2. The lowest BCUT2D eigenvalue weighted by molar-refractivity contribution is 0.0953. The van der Waals surface area contributed by atoms with Crippen molar-refractivity contribution in [2.45, 2.75) is 19.3 Å². The summed E-state index contributed by atoms with van der Waals surface area (Å²) in [6.45, 7) is 1.14. The van der Waals surface area contributed by atoms with Crippen molar-refractivity contribution in [2.24, 2.45) is 0 Å². The highest BCUT2D eigenvalue weighted by molar-refractivity contribution is 6.36. The minimum absolute atomic E-state index is 0.151. The van der Waals surface area contributed by atoms with Gasteiger partial charge >= 0.3 is 0 Å². The molecule has 0 saturated carbocycles. The fourth-order valence-electron chi connectivity index (χ4n) is 3.34. The number of nitrogens with one attached hydrogen (secondary N) is 2. The number of allylic oxidation sites excluding steroid dienone is 4. The highest BCUT2D eigenvalue weighted by Gasteiger charge is 2.15. The van der Waals surface area contributed by atoms with E-state index in [9.17, 15) is 4.79 Å². The Morgan fingerprint density at radius 3 is 2.90 bits per heavy atom. The molecule has 156 valence electrons. The number of anilines is 1. The van der Waals surface area contributed by atoms with E-state index in [0.717, 1.165) is 35.0 Å². The predicted molar refractivity (Wildman–Crippen MR) is 126 cm³/mol. The molecule has 0 atom stereocenters. The summed E-state index contributed by atoms with van der Waals surface area (Å²) in [6.07, 6.45) is 8.09. The van der Waals surface area contributed by atoms with E-state index in [-0.39, 0.29) is 5.91 Å².